The van der Waals surface area contributed by atoms with E-state index in [2.05, 4.69) is 5.32 Å². The lowest BCUT2D eigenvalue weighted by atomic mass is 9.97. The zero-order valence-corrected chi connectivity index (χ0v) is 20.0. The maximum Gasteiger partial charge on any atom is 0.290 e. The van der Waals surface area contributed by atoms with E-state index in [4.69, 9.17) is 37.4 Å². The second-order valence-electron chi connectivity index (χ2n) is 7.76. The molecule has 2 aliphatic heterocycles. The number of aliphatic hydroxyl groups is 1. The van der Waals surface area contributed by atoms with Crippen LogP contribution in [0.2, 0.25) is 10.0 Å². The molecule has 1 unspecified atom stereocenters. The van der Waals surface area contributed by atoms with Crippen molar-refractivity contribution in [2.45, 2.75) is 25.9 Å². The molecule has 10 heteroatoms. The average molecular weight is 507 g/mol. The van der Waals surface area contributed by atoms with E-state index < -0.39 is 23.6 Å². The van der Waals surface area contributed by atoms with Gasteiger partial charge in [0.2, 0.25) is 6.79 Å². The van der Waals surface area contributed by atoms with Gasteiger partial charge in [0.25, 0.3) is 11.8 Å². The van der Waals surface area contributed by atoms with Crippen LogP contribution >= 0.6 is 23.2 Å². The van der Waals surface area contributed by atoms with Crippen LogP contribution in [0.3, 0.4) is 0 Å². The molecule has 2 aromatic carbocycles. The van der Waals surface area contributed by atoms with Gasteiger partial charge < -0.3 is 29.5 Å². The van der Waals surface area contributed by atoms with Gasteiger partial charge in [-0.15, -0.1) is 0 Å². The molecule has 2 aromatic rings. The molecular formula is C24H24Cl2N2O6. The molecule has 0 aromatic heterocycles. The van der Waals surface area contributed by atoms with E-state index in [0.29, 0.717) is 52.3 Å². The third-order valence-electron chi connectivity index (χ3n) is 5.54. The number of ether oxygens (including phenoxy) is 3. The number of aliphatic hydroxyl groups excluding tert-OH is 1. The third-order valence-corrected chi connectivity index (χ3v) is 5.97. The third kappa shape index (κ3) is 4.94. The smallest absolute Gasteiger partial charge is 0.290 e. The maximum absolute atomic E-state index is 13.3. The van der Waals surface area contributed by atoms with Gasteiger partial charge >= 0.3 is 0 Å². The molecule has 0 spiro atoms. The molecule has 0 aliphatic carbocycles. The summed E-state index contributed by atoms with van der Waals surface area (Å²) < 4.78 is 16.5. The summed E-state index contributed by atoms with van der Waals surface area (Å²) in [5, 5.41) is 14.4. The first-order valence-electron chi connectivity index (χ1n) is 10.8. The summed E-state index contributed by atoms with van der Waals surface area (Å²) in [5.41, 5.74) is 1.18. The molecule has 4 rings (SSSR count). The van der Waals surface area contributed by atoms with Gasteiger partial charge in [-0.1, -0.05) is 35.3 Å². The Balaban J connectivity index is 1.63. The number of amides is 2. The Morgan fingerprint density at radius 3 is 2.74 bits per heavy atom. The number of hydrogen-bond acceptors (Lipinski definition) is 6. The molecule has 2 amide bonds. The van der Waals surface area contributed by atoms with Crippen molar-refractivity contribution in [2.24, 2.45) is 0 Å². The predicted molar refractivity (Wildman–Crippen MR) is 126 cm³/mol. The maximum atomic E-state index is 13.3. The number of benzene rings is 2. The first-order chi connectivity index (χ1) is 16.4. The topological polar surface area (TPSA) is 97.3 Å². The minimum Gasteiger partial charge on any atom is -0.503 e. The summed E-state index contributed by atoms with van der Waals surface area (Å²) in [4.78, 5) is 27.8. The molecule has 1 atom stereocenters. The second-order valence-corrected chi connectivity index (χ2v) is 8.63. The van der Waals surface area contributed by atoms with Crippen molar-refractivity contribution in [1.82, 2.24) is 10.2 Å². The first kappa shape index (κ1) is 24.2. The van der Waals surface area contributed by atoms with Crippen LogP contribution in [0.1, 0.15) is 30.5 Å². The van der Waals surface area contributed by atoms with Crippen LogP contribution in [0.15, 0.2) is 47.7 Å². The van der Waals surface area contributed by atoms with Crippen molar-refractivity contribution >= 4 is 35.0 Å². The highest BCUT2D eigenvalue weighted by atomic mass is 35.5. The van der Waals surface area contributed by atoms with Gasteiger partial charge in [-0.3, -0.25) is 9.59 Å². The van der Waals surface area contributed by atoms with Crippen LogP contribution in [0.5, 0.6) is 11.5 Å². The van der Waals surface area contributed by atoms with Gasteiger partial charge in [-0.05, 0) is 43.2 Å². The van der Waals surface area contributed by atoms with Crippen molar-refractivity contribution in [2.75, 3.05) is 26.6 Å². The Hall–Kier alpha value is -2.94. The lowest BCUT2D eigenvalue weighted by Gasteiger charge is -2.27. The van der Waals surface area contributed by atoms with Crippen LogP contribution in [-0.2, 0) is 20.9 Å². The highest BCUT2D eigenvalue weighted by molar-refractivity contribution is 6.34. The highest BCUT2D eigenvalue weighted by Crippen LogP contribution is 2.46. The average Bonchev–Trinajstić information content (AvgIpc) is 3.38. The lowest BCUT2D eigenvalue weighted by Crippen LogP contribution is -2.34. The summed E-state index contributed by atoms with van der Waals surface area (Å²) in [6.45, 7) is 3.30. The molecule has 2 heterocycles. The number of rotatable bonds is 9. The zero-order valence-electron chi connectivity index (χ0n) is 18.5. The predicted octanol–water partition coefficient (Wildman–Crippen LogP) is 4.16. The molecule has 0 bridgehead atoms. The van der Waals surface area contributed by atoms with Crippen LogP contribution in [-0.4, -0.2) is 48.4 Å². The molecule has 0 radical (unpaired) electrons. The largest absolute Gasteiger partial charge is 0.503 e. The molecule has 180 valence electrons. The van der Waals surface area contributed by atoms with Crippen LogP contribution in [0.25, 0.3) is 0 Å². The molecular weight excluding hydrogens is 483 g/mol. The Morgan fingerprint density at radius 1 is 1.24 bits per heavy atom. The fourth-order valence-corrected chi connectivity index (χ4v) is 4.65. The van der Waals surface area contributed by atoms with E-state index in [1.807, 2.05) is 6.92 Å². The van der Waals surface area contributed by atoms with E-state index in [9.17, 15) is 14.7 Å². The van der Waals surface area contributed by atoms with Crippen molar-refractivity contribution in [3.05, 3.63) is 68.9 Å². The monoisotopic (exact) mass is 506 g/mol. The van der Waals surface area contributed by atoms with E-state index in [0.717, 1.165) is 0 Å². The Morgan fingerprint density at radius 2 is 2.00 bits per heavy atom. The zero-order chi connectivity index (χ0) is 24.2. The van der Waals surface area contributed by atoms with Crippen molar-refractivity contribution < 1.29 is 28.9 Å². The highest BCUT2D eigenvalue weighted by Gasteiger charge is 2.45. The number of nitrogens with zero attached hydrogens (tertiary/aromatic N) is 1. The number of fused-ring (bicyclic) bond motifs is 1. The van der Waals surface area contributed by atoms with E-state index >= 15 is 0 Å². The second kappa shape index (κ2) is 10.5. The SMILES string of the molecule is CCOCCCN1C(=O)C(O)=C(C(=O)NCc2cc(Cl)cc(Cl)c2)C1c1cccc2c1OCO2. The van der Waals surface area contributed by atoms with Gasteiger partial charge in [0.05, 0.1) is 11.6 Å². The molecule has 2 aliphatic rings. The fourth-order valence-electron chi connectivity index (χ4n) is 4.08. The normalized spacial score (nSPS) is 17.0. The van der Waals surface area contributed by atoms with Crippen LogP contribution in [0, 0.1) is 0 Å². The Bertz CT molecular complexity index is 1120. The quantitative estimate of drug-likeness (QED) is 0.495. The minimum absolute atomic E-state index is 0.0319. The van der Waals surface area contributed by atoms with E-state index in [-0.39, 0.29) is 25.5 Å². The van der Waals surface area contributed by atoms with Gasteiger partial charge in [-0.2, -0.15) is 0 Å². The number of halogens is 2. The number of nitrogens with one attached hydrogen (secondary N) is 1. The van der Waals surface area contributed by atoms with Crippen molar-refractivity contribution in [3.63, 3.8) is 0 Å². The number of carbonyl (C=O) groups is 2. The van der Waals surface area contributed by atoms with Gasteiger partial charge in [0, 0.05) is 41.9 Å². The van der Waals surface area contributed by atoms with Gasteiger partial charge in [0.15, 0.2) is 17.3 Å². The first-order valence-corrected chi connectivity index (χ1v) is 11.6. The van der Waals surface area contributed by atoms with E-state index in [1.54, 1.807) is 36.4 Å². The molecule has 0 fully saturated rings. The molecule has 0 saturated carbocycles. The summed E-state index contributed by atoms with van der Waals surface area (Å²) in [6, 6.07) is 9.34. The van der Waals surface area contributed by atoms with Crippen LogP contribution < -0.4 is 14.8 Å². The Kier molecular flexibility index (Phi) is 7.50. The number of para-hydroxylation sites is 1. The lowest BCUT2D eigenvalue weighted by molar-refractivity contribution is -0.129. The fraction of sp³-hybridized carbons (Fsp3) is 0.333. The molecule has 2 N–H and O–H groups in total. The standard InChI is InChI=1S/C24H24Cl2N2O6/c1-2-32-8-4-7-28-20(17-5-3-6-18-22(17)34-13-33-18)19(21(29)24(28)31)23(30)27-12-14-9-15(25)11-16(26)10-14/h3,5-6,9-11,20,29H,2,4,7-8,12-13H2,1H3,(H,27,30). The van der Waals surface area contributed by atoms with E-state index in [1.165, 1.54) is 4.90 Å². The summed E-state index contributed by atoms with van der Waals surface area (Å²) >= 11 is 12.1. The van der Waals surface area contributed by atoms with Gasteiger partial charge in [-0.25, -0.2) is 0 Å². The minimum atomic E-state index is -0.853. The molecule has 0 saturated heterocycles. The Labute approximate surface area is 207 Å². The number of hydrogen-bond donors (Lipinski definition) is 2. The number of carbonyl (C=O) groups excluding carboxylic acids is 2. The van der Waals surface area contributed by atoms with Crippen LogP contribution in [0.4, 0.5) is 0 Å². The summed E-state index contributed by atoms with van der Waals surface area (Å²) in [6.07, 6.45) is 0.533. The van der Waals surface area contributed by atoms with Crippen molar-refractivity contribution in [3.8, 4) is 11.5 Å². The molecule has 34 heavy (non-hydrogen) atoms. The molecule has 8 nitrogen and oxygen atoms in total. The summed E-state index contributed by atoms with van der Waals surface area (Å²) in [7, 11) is 0. The summed E-state index contributed by atoms with van der Waals surface area (Å²) in [5.74, 6) is -0.861. The van der Waals surface area contributed by atoms with Gasteiger partial charge in [0.1, 0.15) is 0 Å². The van der Waals surface area contributed by atoms with Crippen molar-refractivity contribution in [1.29, 1.82) is 0 Å².